The highest BCUT2D eigenvalue weighted by Gasteiger charge is 2.31. The summed E-state index contributed by atoms with van der Waals surface area (Å²) < 4.78 is 25.3. The number of likely N-dealkylation sites (tertiary alicyclic amines) is 1. The number of amides is 1. The first-order valence-corrected chi connectivity index (χ1v) is 10.6. The number of hydrogen-bond acceptors (Lipinski definition) is 4. The van der Waals surface area contributed by atoms with Crippen molar-refractivity contribution in [3.05, 3.63) is 0 Å². The van der Waals surface area contributed by atoms with E-state index in [1.807, 2.05) is 18.9 Å². The standard InChI is InChI=1S/C16H31N3O3S/c1-13(16(20)18(2)15-7-5-4-6-8-15)19-11-9-14(10-12-19)17-23(3,21)22/h13-15,17H,4-12H2,1-3H3. The molecule has 7 heteroatoms. The minimum absolute atomic E-state index is 0.000346. The maximum absolute atomic E-state index is 12.7. The van der Waals surface area contributed by atoms with Crippen LogP contribution in [0.2, 0.25) is 0 Å². The Labute approximate surface area is 140 Å². The van der Waals surface area contributed by atoms with E-state index >= 15 is 0 Å². The van der Waals surface area contributed by atoms with Crippen molar-refractivity contribution in [2.75, 3.05) is 26.4 Å². The summed E-state index contributed by atoms with van der Waals surface area (Å²) in [6, 6.07) is 0.267. The van der Waals surface area contributed by atoms with Gasteiger partial charge in [-0.1, -0.05) is 19.3 Å². The molecule has 1 saturated heterocycles. The summed E-state index contributed by atoms with van der Waals surface area (Å²) in [5.41, 5.74) is 0. The van der Waals surface area contributed by atoms with Gasteiger partial charge in [0.05, 0.1) is 12.3 Å². The second-order valence-corrected chi connectivity index (χ2v) is 8.90. The predicted octanol–water partition coefficient (Wildman–Crippen LogP) is 1.18. The summed E-state index contributed by atoms with van der Waals surface area (Å²) in [5, 5.41) is 0. The lowest BCUT2D eigenvalue weighted by Crippen LogP contribution is -2.53. The Morgan fingerprint density at radius 1 is 1.13 bits per heavy atom. The predicted molar refractivity (Wildman–Crippen MR) is 91.7 cm³/mol. The summed E-state index contributed by atoms with van der Waals surface area (Å²) in [6.07, 6.45) is 8.69. The van der Waals surface area contributed by atoms with Gasteiger partial charge < -0.3 is 4.90 Å². The first-order valence-electron chi connectivity index (χ1n) is 8.76. The monoisotopic (exact) mass is 345 g/mol. The van der Waals surface area contributed by atoms with Crippen molar-refractivity contribution in [3.63, 3.8) is 0 Å². The number of nitrogens with one attached hydrogen (secondary N) is 1. The first-order chi connectivity index (χ1) is 10.8. The summed E-state index contributed by atoms with van der Waals surface area (Å²) in [7, 11) is -1.21. The normalized spacial score (nSPS) is 23.6. The van der Waals surface area contributed by atoms with Crippen LogP contribution in [-0.4, -0.2) is 68.6 Å². The topological polar surface area (TPSA) is 69.7 Å². The molecule has 2 fully saturated rings. The molecule has 0 spiro atoms. The highest BCUT2D eigenvalue weighted by atomic mass is 32.2. The van der Waals surface area contributed by atoms with Crippen molar-refractivity contribution >= 4 is 15.9 Å². The molecular weight excluding hydrogens is 314 g/mol. The molecule has 1 N–H and O–H groups in total. The fourth-order valence-electron chi connectivity index (χ4n) is 3.81. The largest absolute Gasteiger partial charge is 0.341 e. The second kappa shape index (κ2) is 7.94. The lowest BCUT2D eigenvalue weighted by atomic mass is 9.94. The molecule has 1 aliphatic carbocycles. The van der Waals surface area contributed by atoms with Gasteiger partial charge >= 0.3 is 0 Å². The molecular formula is C16H31N3O3S. The van der Waals surface area contributed by atoms with E-state index in [1.54, 1.807) is 0 Å². The summed E-state index contributed by atoms with van der Waals surface area (Å²) in [5.74, 6) is 0.200. The minimum atomic E-state index is -3.15. The van der Waals surface area contributed by atoms with Gasteiger partial charge in [-0.05, 0) is 32.6 Å². The number of rotatable bonds is 5. The van der Waals surface area contributed by atoms with E-state index in [0.717, 1.165) is 38.8 Å². The third kappa shape index (κ3) is 5.43. The van der Waals surface area contributed by atoms with Crippen LogP contribution in [-0.2, 0) is 14.8 Å². The number of hydrogen-bond donors (Lipinski definition) is 1. The number of carbonyl (C=O) groups is 1. The van der Waals surface area contributed by atoms with E-state index in [1.165, 1.54) is 25.5 Å². The molecule has 0 bridgehead atoms. The Bertz CT molecular complexity index is 495. The first kappa shape index (κ1) is 18.7. The zero-order valence-corrected chi connectivity index (χ0v) is 15.4. The van der Waals surface area contributed by atoms with Crippen LogP contribution in [0.3, 0.4) is 0 Å². The van der Waals surface area contributed by atoms with E-state index in [9.17, 15) is 13.2 Å². The zero-order valence-electron chi connectivity index (χ0n) is 14.6. The number of sulfonamides is 1. The molecule has 2 rings (SSSR count). The van der Waals surface area contributed by atoms with Crippen LogP contribution < -0.4 is 4.72 Å². The number of likely N-dealkylation sites (N-methyl/N-ethyl adjacent to an activating group) is 1. The van der Waals surface area contributed by atoms with Gasteiger partial charge in [-0.3, -0.25) is 9.69 Å². The Hall–Kier alpha value is -0.660. The van der Waals surface area contributed by atoms with Crippen molar-refractivity contribution in [1.29, 1.82) is 0 Å². The molecule has 1 heterocycles. The van der Waals surface area contributed by atoms with Gasteiger partial charge in [-0.2, -0.15) is 0 Å². The Balaban J connectivity index is 1.83. The van der Waals surface area contributed by atoms with Gasteiger partial charge in [-0.25, -0.2) is 13.1 Å². The fourth-order valence-corrected chi connectivity index (χ4v) is 4.65. The third-order valence-electron chi connectivity index (χ3n) is 5.29. The third-order valence-corrected chi connectivity index (χ3v) is 6.05. The quantitative estimate of drug-likeness (QED) is 0.812. The van der Waals surface area contributed by atoms with Crippen molar-refractivity contribution in [2.24, 2.45) is 0 Å². The molecule has 1 saturated carbocycles. The molecule has 0 aromatic heterocycles. The van der Waals surface area contributed by atoms with E-state index < -0.39 is 10.0 Å². The molecule has 1 amide bonds. The highest BCUT2D eigenvalue weighted by molar-refractivity contribution is 7.88. The van der Waals surface area contributed by atoms with E-state index in [4.69, 9.17) is 0 Å². The Kier molecular flexibility index (Phi) is 6.45. The maximum Gasteiger partial charge on any atom is 0.239 e. The molecule has 1 aliphatic heterocycles. The van der Waals surface area contributed by atoms with E-state index in [-0.39, 0.29) is 18.0 Å². The van der Waals surface area contributed by atoms with Crippen molar-refractivity contribution < 1.29 is 13.2 Å². The molecule has 1 atom stereocenters. The number of nitrogens with zero attached hydrogens (tertiary/aromatic N) is 2. The average molecular weight is 346 g/mol. The zero-order chi connectivity index (χ0) is 17.0. The molecule has 2 aliphatic rings. The van der Waals surface area contributed by atoms with Crippen LogP contribution in [0, 0.1) is 0 Å². The molecule has 6 nitrogen and oxygen atoms in total. The Morgan fingerprint density at radius 2 is 1.70 bits per heavy atom. The van der Waals surface area contributed by atoms with Crippen molar-refractivity contribution in [2.45, 2.75) is 70.0 Å². The molecule has 134 valence electrons. The van der Waals surface area contributed by atoms with Gasteiger partial charge in [0.2, 0.25) is 15.9 Å². The van der Waals surface area contributed by atoms with Gasteiger partial charge in [0, 0.05) is 32.2 Å². The van der Waals surface area contributed by atoms with Crippen molar-refractivity contribution in [3.8, 4) is 0 Å². The van der Waals surface area contributed by atoms with Crippen LogP contribution in [0.4, 0.5) is 0 Å². The lowest BCUT2D eigenvalue weighted by Gasteiger charge is -2.39. The van der Waals surface area contributed by atoms with Crippen LogP contribution in [0.25, 0.3) is 0 Å². The molecule has 1 unspecified atom stereocenters. The van der Waals surface area contributed by atoms with E-state index in [2.05, 4.69) is 9.62 Å². The van der Waals surface area contributed by atoms with Crippen LogP contribution in [0.5, 0.6) is 0 Å². The Morgan fingerprint density at radius 3 is 2.22 bits per heavy atom. The average Bonchev–Trinajstić information content (AvgIpc) is 2.53. The van der Waals surface area contributed by atoms with Gasteiger partial charge in [-0.15, -0.1) is 0 Å². The van der Waals surface area contributed by atoms with Crippen LogP contribution >= 0.6 is 0 Å². The van der Waals surface area contributed by atoms with Gasteiger partial charge in [0.1, 0.15) is 0 Å². The van der Waals surface area contributed by atoms with Gasteiger partial charge in [0.25, 0.3) is 0 Å². The maximum atomic E-state index is 12.7. The summed E-state index contributed by atoms with van der Waals surface area (Å²) in [4.78, 5) is 16.9. The lowest BCUT2D eigenvalue weighted by molar-refractivity contribution is -0.138. The fraction of sp³-hybridized carbons (Fsp3) is 0.938. The SMILES string of the molecule is CC(C(=O)N(C)C1CCCCC1)N1CCC(NS(C)(=O)=O)CC1. The molecule has 0 radical (unpaired) electrons. The summed E-state index contributed by atoms with van der Waals surface area (Å²) >= 11 is 0. The smallest absolute Gasteiger partial charge is 0.239 e. The van der Waals surface area contributed by atoms with Crippen molar-refractivity contribution in [1.82, 2.24) is 14.5 Å². The number of piperidine rings is 1. The van der Waals surface area contributed by atoms with Crippen LogP contribution in [0.1, 0.15) is 51.9 Å². The van der Waals surface area contributed by atoms with Gasteiger partial charge in [0.15, 0.2) is 0 Å². The molecule has 23 heavy (non-hydrogen) atoms. The highest BCUT2D eigenvalue weighted by Crippen LogP contribution is 2.23. The number of carbonyl (C=O) groups excluding carboxylic acids is 1. The second-order valence-electron chi connectivity index (χ2n) is 7.12. The molecule has 0 aromatic rings. The van der Waals surface area contributed by atoms with Crippen LogP contribution in [0.15, 0.2) is 0 Å². The molecule has 0 aromatic carbocycles. The minimum Gasteiger partial charge on any atom is -0.341 e. The summed E-state index contributed by atoms with van der Waals surface area (Å²) in [6.45, 7) is 3.50. The van der Waals surface area contributed by atoms with E-state index in [0.29, 0.717) is 6.04 Å².